The highest BCUT2D eigenvalue weighted by molar-refractivity contribution is 5.99. The van der Waals surface area contributed by atoms with Gasteiger partial charge in [-0.25, -0.2) is 4.79 Å². The van der Waals surface area contributed by atoms with Crippen LogP contribution in [0, 0.1) is 0 Å². The van der Waals surface area contributed by atoms with Crippen molar-refractivity contribution in [2.75, 3.05) is 30.3 Å². The standard InChI is InChI=1S/C15H22N4O2/c16-9-5-8-14(20)17-12-6-1-2-7-13(12)18-15(21)19-10-3-4-11-19/h1-2,6-7H,3-5,8-11,16H2,(H,17,20)(H,18,21). The summed E-state index contributed by atoms with van der Waals surface area (Å²) in [6, 6.07) is 7.10. The molecule has 1 aromatic rings. The van der Waals surface area contributed by atoms with E-state index in [2.05, 4.69) is 10.6 Å². The third kappa shape index (κ3) is 4.46. The average molecular weight is 290 g/mol. The fraction of sp³-hybridized carbons (Fsp3) is 0.467. The van der Waals surface area contributed by atoms with Crippen LogP contribution in [0.15, 0.2) is 24.3 Å². The summed E-state index contributed by atoms with van der Waals surface area (Å²) in [5.74, 6) is -0.0941. The molecule has 1 fully saturated rings. The molecule has 4 N–H and O–H groups in total. The van der Waals surface area contributed by atoms with Crippen LogP contribution in [0.5, 0.6) is 0 Å². The summed E-state index contributed by atoms with van der Waals surface area (Å²) in [7, 11) is 0. The minimum absolute atomic E-state index is 0.0941. The van der Waals surface area contributed by atoms with Crippen molar-refractivity contribution in [3.05, 3.63) is 24.3 Å². The quantitative estimate of drug-likeness (QED) is 0.775. The molecule has 2 rings (SSSR count). The summed E-state index contributed by atoms with van der Waals surface area (Å²) < 4.78 is 0. The molecule has 3 amide bonds. The third-order valence-electron chi connectivity index (χ3n) is 3.44. The Balaban J connectivity index is 1.99. The smallest absolute Gasteiger partial charge is 0.321 e. The lowest BCUT2D eigenvalue weighted by Crippen LogP contribution is -2.32. The lowest BCUT2D eigenvalue weighted by Gasteiger charge is -2.18. The molecule has 1 aliphatic heterocycles. The topological polar surface area (TPSA) is 87.5 Å². The van der Waals surface area contributed by atoms with E-state index < -0.39 is 0 Å². The van der Waals surface area contributed by atoms with Gasteiger partial charge >= 0.3 is 6.03 Å². The first-order chi connectivity index (χ1) is 10.2. The van der Waals surface area contributed by atoms with Crippen molar-refractivity contribution in [1.29, 1.82) is 0 Å². The molecule has 6 heteroatoms. The molecule has 6 nitrogen and oxygen atoms in total. The molecule has 1 heterocycles. The zero-order chi connectivity index (χ0) is 15.1. The molecule has 1 aliphatic rings. The van der Waals surface area contributed by atoms with E-state index >= 15 is 0 Å². The van der Waals surface area contributed by atoms with Crippen molar-refractivity contribution in [2.45, 2.75) is 25.7 Å². The van der Waals surface area contributed by atoms with Crippen LogP contribution in [-0.4, -0.2) is 36.5 Å². The first-order valence-corrected chi connectivity index (χ1v) is 7.35. The number of anilines is 2. The zero-order valence-corrected chi connectivity index (χ0v) is 12.1. The number of hydrogen-bond acceptors (Lipinski definition) is 3. The molecule has 0 atom stereocenters. The fourth-order valence-electron chi connectivity index (χ4n) is 2.29. The van der Waals surface area contributed by atoms with Crippen molar-refractivity contribution in [1.82, 2.24) is 4.90 Å². The van der Waals surface area contributed by atoms with Gasteiger partial charge in [-0.3, -0.25) is 4.79 Å². The minimum atomic E-state index is -0.115. The first-order valence-electron chi connectivity index (χ1n) is 7.35. The highest BCUT2D eigenvalue weighted by Gasteiger charge is 2.18. The molecule has 114 valence electrons. The molecular formula is C15H22N4O2. The van der Waals surface area contributed by atoms with Crippen LogP contribution in [0.1, 0.15) is 25.7 Å². The van der Waals surface area contributed by atoms with Gasteiger partial charge < -0.3 is 21.3 Å². The Bertz CT molecular complexity index is 498. The van der Waals surface area contributed by atoms with E-state index in [4.69, 9.17) is 5.73 Å². The number of carbonyl (C=O) groups excluding carboxylic acids is 2. The molecule has 0 bridgehead atoms. The van der Waals surface area contributed by atoms with Gasteiger partial charge in [-0.1, -0.05) is 12.1 Å². The van der Waals surface area contributed by atoms with Crippen molar-refractivity contribution < 1.29 is 9.59 Å². The van der Waals surface area contributed by atoms with E-state index in [0.29, 0.717) is 30.8 Å². The molecule has 0 radical (unpaired) electrons. The largest absolute Gasteiger partial charge is 0.330 e. The number of nitrogens with one attached hydrogen (secondary N) is 2. The lowest BCUT2D eigenvalue weighted by atomic mass is 10.2. The Labute approximate surface area is 124 Å². The summed E-state index contributed by atoms with van der Waals surface area (Å²) >= 11 is 0. The molecule has 1 aromatic carbocycles. The highest BCUT2D eigenvalue weighted by atomic mass is 16.2. The molecule has 21 heavy (non-hydrogen) atoms. The summed E-state index contributed by atoms with van der Waals surface area (Å²) in [5, 5.41) is 5.68. The van der Waals surface area contributed by atoms with Crippen molar-refractivity contribution in [3.8, 4) is 0 Å². The van der Waals surface area contributed by atoms with E-state index in [1.807, 2.05) is 12.1 Å². The Morgan fingerprint density at radius 2 is 1.71 bits per heavy atom. The predicted molar refractivity (Wildman–Crippen MR) is 83.2 cm³/mol. The number of nitrogens with zero attached hydrogens (tertiary/aromatic N) is 1. The second-order valence-corrected chi connectivity index (χ2v) is 5.11. The number of benzene rings is 1. The van der Waals surface area contributed by atoms with Gasteiger partial charge in [0.05, 0.1) is 11.4 Å². The lowest BCUT2D eigenvalue weighted by molar-refractivity contribution is -0.116. The molecule has 0 aromatic heterocycles. The number of carbonyl (C=O) groups is 2. The van der Waals surface area contributed by atoms with E-state index in [1.54, 1.807) is 17.0 Å². The van der Waals surface area contributed by atoms with Gasteiger partial charge in [0, 0.05) is 19.5 Å². The van der Waals surface area contributed by atoms with Gasteiger partial charge in [-0.05, 0) is 37.9 Å². The van der Waals surface area contributed by atoms with Crippen molar-refractivity contribution in [2.24, 2.45) is 5.73 Å². The van der Waals surface area contributed by atoms with Crippen LogP contribution < -0.4 is 16.4 Å². The normalized spacial score (nSPS) is 14.0. The molecule has 0 unspecified atom stereocenters. The first kappa shape index (κ1) is 15.3. The summed E-state index contributed by atoms with van der Waals surface area (Å²) in [5.41, 5.74) is 6.63. The Morgan fingerprint density at radius 3 is 2.33 bits per heavy atom. The maximum atomic E-state index is 12.1. The van der Waals surface area contributed by atoms with Crippen molar-refractivity contribution >= 4 is 23.3 Å². The number of amides is 3. The van der Waals surface area contributed by atoms with Crippen LogP contribution in [0.2, 0.25) is 0 Å². The van der Waals surface area contributed by atoms with Gasteiger partial charge in [0.2, 0.25) is 5.91 Å². The summed E-state index contributed by atoms with van der Waals surface area (Å²) in [4.78, 5) is 25.7. The number of hydrogen-bond donors (Lipinski definition) is 3. The Morgan fingerprint density at radius 1 is 1.10 bits per heavy atom. The number of nitrogens with two attached hydrogens (primary N) is 1. The second-order valence-electron chi connectivity index (χ2n) is 5.11. The van der Waals surface area contributed by atoms with Gasteiger partial charge in [0.25, 0.3) is 0 Å². The number of urea groups is 1. The van der Waals surface area contributed by atoms with Crippen LogP contribution in [0.25, 0.3) is 0 Å². The maximum Gasteiger partial charge on any atom is 0.321 e. The SMILES string of the molecule is NCCCC(=O)Nc1ccccc1NC(=O)N1CCCC1. The monoisotopic (exact) mass is 290 g/mol. The van der Waals surface area contributed by atoms with Crippen LogP contribution in [-0.2, 0) is 4.79 Å². The fourth-order valence-corrected chi connectivity index (χ4v) is 2.29. The van der Waals surface area contributed by atoms with Crippen LogP contribution in [0.3, 0.4) is 0 Å². The number of rotatable bonds is 5. The van der Waals surface area contributed by atoms with Gasteiger partial charge in [-0.2, -0.15) is 0 Å². The van der Waals surface area contributed by atoms with E-state index in [-0.39, 0.29) is 11.9 Å². The minimum Gasteiger partial charge on any atom is -0.330 e. The van der Waals surface area contributed by atoms with E-state index in [0.717, 1.165) is 25.9 Å². The maximum absolute atomic E-state index is 12.1. The van der Waals surface area contributed by atoms with Gasteiger partial charge in [-0.15, -0.1) is 0 Å². The summed E-state index contributed by atoms with van der Waals surface area (Å²) in [6.07, 6.45) is 3.12. The average Bonchev–Trinajstić information content (AvgIpc) is 3.01. The molecule has 0 spiro atoms. The van der Waals surface area contributed by atoms with Crippen LogP contribution in [0.4, 0.5) is 16.2 Å². The molecular weight excluding hydrogens is 268 g/mol. The highest BCUT2D eigenvalue weighted by Crippen LogP contribution is 2.22. The molecule has 1 saturated heterocycles. The Kier molecular flexibility index (Phi) is 5.57. The summed E-state index contributed by atoms with van der Waals surface area (Å²) in [6.45, 7) is 2.06. The van der Waals surface area contributed by atoms with E-state index in [9.17, 15) is 9.59 Å². The molecule has 0 aliphatic carbocycles. The third-order valence-corrected chi connectivity index (χ3v) is 3.44. The van der Waals surface area contributed by atoms with Gasteiger partial charge in [0.1, 0.15) is 0 Å². The number of likely N-dealkylation sites (tertiary alicyclic amines) is 1. The van der Waals surface area contributed by atoms with E-state index in [1.165, 1.54) is 0 Å². The second kappa shape index (κ2) is 7.64. The number of para-hydroxylation sites is 2. The Hall–Kier alpha value is -2.08. The zero-order valence-electron chi connectivity index (χ0n) is 12.1. The van der Waals surface area contributed by atoms with Crippen molar-refractivity contribution in [3.63, 3.8) is 0 Å². The molecule has 0 saturated carbocycles. The van der Waals surface area contributed by atoms with Crippen LogP contribution >= 0.6 is 0 Å². The predicted octanol–water partition coefficient (Wildman–Crippen LogP) is 1.99. The van der Waals surface area contributed by atoms with Gasteiger partial charge in [0.15, 0.2) is 0 Å².